The zero-order valence-corrected chi connectivity index (χ0v) is 27.5. The van der Waals surface area contributed by atoms with Gasteiger partial charge in [-0.3, -0.25) is 9.59 Å². The molecule has 0 bridgehead atoms. The average Bonchev–Trinajstić information content (AvgIpc) is 2.98. The monoisotopic (exact) mass is 598 g/mol. The number of rotatable bonds is 25. The van der Waals surface area contributed by atoms with Crippen molar-refractivity contribution in [2.45, 2.75) is 144 Å². The fourth-order valence-electron chi connectivity index (χ4n) is 4.43. The van der Waals surface area contributed by atoms with E-state index in [4.69, 9.17) is 9.47 Å². The predicted octanol–water partition coefficient (Wildman–Crippen LogP) is 6.22. The Balaban J connectivity index is 4.56. The zero-order valence-electron chi connectivity index (χ0n) is 27.5. The van der Waals surface area contributed by atoms with Crippen LogP contribution in [-0.4, -0.2) is 62.4 Å². The van der Waals surface area contributed by atoms with Crippen LogP contribution >= 0.6 is 0 Å². The normalized spacial score (nSPS) is 13.8. The van der Waals surface area contributed by atoms with E-state index in [2.05, 4.69) is 35.1 Å². The zero-order chi connectivity index (χ0) is 31.6. The fraction of sp³-hybridized carbons (Fsp3) is 0.875. The molecule has 0 heterocycles. The molecule has 4 N–H and O–H groups in total. The maximum Gasteiger partial charge on any atom is 0.407 e. The molecule has 0 rings (SSSR count). The molecule has 0 fully saturated rings. The summed E-state index contributed by atoms with van der Waals surface area (Å²) < 4.78 is 10.6. The first kappa shape index (κ1) is 39.5. The van der Waals surface area contributed by atoms with Crippen molar-refractivity contribution in [2.24, 2.45) is 11.8 Å². The van der Waals surface area contributed by atoms with Crippen LogP contribution in [-0.2, 0) is 19.1 Å². The van der Waals surface area contributed by atoms with Crippen molar-refractivity contribution >= 4 is 24.0 Å². The Labute approximate surface area is 255 Å². The second kappa shape index (κ2) is 26.1. The van der Waals surface area contributed by atoms with Crippen molar-refractivity contribution in [3.05, 3.63) is 0 Å². The number of hydrogen-bond acceptors (Lipinski definition) is 6. The quantitative estimate of drug-likeness (QED) is 0.0922. The second-order valence-corrected chi connectivity index (χ2v) is 11.4. The first-order valence-electron chi connectivity index (χ1n) is 16.6. The third kappa shape index (κ3) is 19.6. The summed E-state index contributed by atoms with van der Waals surface area (Å²) in [7, 11) is 0. The molecule has 0 aliphatic rings. The van der Waals surface area contributed by atoms with Crippen molar-refractivity contribution in [2.75, 3.05) is 26.3 Å². The van der Waals surface area contributed by atoms with Crippen LogP contribution in [0.3, 0.4) is 0 Å². The molecule has 246 valence electrons. The lowest BCUT2D eigenvalue weighted by Gasteiger charge is -2.24. The highest BCUT2D eigenvalue weighted by Gasteiger charge is 2.28. The molecule has 2 unspecified atom stereocenters. The van der Waals surface area contributed by atoms with Gasteiger partial charge in [-0.15, -0.1) is 0 Å². The van der Waals surface area contributed by atoms with Crippen LogP contribution in [0.1, 0.15) is 131 Å². The number of carbonyl (C=O) groups is 4. The van der Waals surface area contributed by atoms with E-state index in [9.17, 15) is 19.2 Å². The van der Waals surface area contributed by atoms with E-state index in [1.807, 2.05) is 27.7 Å². The van der Waals surface area contributed by atoms with Crippen LogP contribution in [0.4, 0.5) is 9.59 Å². The molecule has 42 heavy (non-hydrogen) atoms. The highest BCUT2D eigenvalue weighted by molar-refractivity contribution is 5.87. The van der Waals surface area contributed by atoms with E-state index in [0.29, 0.717) is 26.1 Å². The van der Waals surface area contributed by atoms with Crippen LogP contribution < -0.4 is 21.3 Å². The van der Waals surface area contributed by atoms with E-state index in [0.717, 1.165) is 38.5 Å². The highest BCUT2D eigenvalue weighted by atomic mass is 16.6. The van der Waals surface area contributed by atoms with E-state index >= 15 is 0 Å². The summed E-state index contributed by atoms with van der Waals surface area (Å²) in [6, 6.07) is -1.47. The third-order valence-electron chi connectivity index (χ3n) is 7.72. The van der Waals surface area contributed by atoms with E-state index in [-0.39, 0.29) is 36.7 Å². The van der Waals surface area contributed by atoms with Gasteiger partial charge >= 0.3 is 12.2 Å². The Hall–Kier alpha value is -2.52. The van der Waals surface area contributed by atoms with Crippen LogP contribution in [0.15, 0.2) is 0 Å². The number of hydrogen-bond donors (Lipinski definition) is 4. The number of unbranched alkanes of at least 4 members (excludes halogenated alkanes) is 10. The summed E-state index contributed by atoms with van der Waals surface area (Å²) in [5, 5.41) is 11.0. The van der Waals surface area contributed by atoms with Gasteiger partial charge < -0.3 is 30.7 Å². The molecular formula is C32H62N4O6. The summed E-state index contributed by atoms with van der Waals surface area (Å²) in [6.07, 6.45) is 13.3. The van der Waals surface area contributed by atoms with Crippen molar-refractivity contribution in [3.63, 3.8) is 0 Å². The Bertz CT molecular complexity index is 676. The molecule has 4 amide bonds. The number of ether oxygens (including phenoxy) is 2. The number of nitrogens with one attached hydrogen (secondary N) is 4. The Morgan fingerprint density at radius 3 is 1.19 bits per heavy atom. The standard InChI is InChI=1S/C32H62N4O6/c1-7-11-13-15-17-19-23-41-31(39)35-27(25(5)9-3)29(37)33-21-22-34-30(38)28(26(6)10-4)36-32(40)42-24-20-18-16-14-12-8-2/h25-28H,7-24H2,1-6H3,(H,33,37)(H,34,38)(H,35,39)(H,36,40)/t25?,26?,27-,28-/m0/s1. The summed E-state index contributed by atoms with van der Waals surface area (Å²) in [4.78, 5) is 50.3. The largest absolute Gasteiger partial charge is 0.450 e. The van der Waals surface area contributed by atoms with Crippen molar-refractivity contribution in [3.8, 4) is 0 Å². The molecule has 0 aromatic rings. The molecule has 10 heteroatoms. The highest BCUT2D eigenvalue weighted by Crippen LogP contribution is 2.11. The number of amides is 4. The van der Waals surface area contributed by atoms with Gasteiger partial charge in [-0.05, 0) is 24.7 Å². The SMILES string of the molecule is CCCCCCCCOC(=O)N[C@H](C(=O)NCCNC(=O)[C@@H](NC(=O)OCCCCCCCC)C(C)CC)C(C)CC. The molecule has 0 saturated carbocycles. The maximum absolute atomic E-state index is 12.9. The van der Waals surface area contributed by atoms with Crippen LogP contribution in [0.5, 0.6) is 0 Å². The molecule has 0 spiro atoms. The lowest BCUT2D eigenvalue weighted by atomic mass is 9.98. The molecule has 10 nitrogen and oxygen atoms in total. The van der Waals surface area contributed by atoms with Gasteiger partial charge in [-0.25, -0.2) is 9.59 Å². The van der Waals surface area contributed by atoms with Gasteiger partial charge in [0, 0.05) is 13.1 Å². The first-order valence-corrected chi connectivity index (χ1v) is 16.6. The van der Waals surface area contributed by atoms with E-state index in [1.165, 1.54) is 38.5 Å². The van der Waals surface area contributed by atoms with Crippen molar-refractivity contribution in [1.82, 2.24) is 21.3 Å². The van der Waals surface area contributed by atoms with Gasteiger partial charge in [0.2, 0.25) is 11.8 Å². The number of carbonyl (C=O) groups excluding carboxylic acids is 4. The van der Waals surface area contributed by atoms with Crippen LogP contribution in [0, 0.1) is 11.8 Å². The Morgan fingerprint density at radius 1 is 0.524 bits per heavy atom. The maximum atomic E-state index is 12.9. The smallest absolute Gasteiger partial charge is 0.407 e. The van der Waals surface area contributed by atoms with Crippen LogP contribution in [0.25, 0.3) is 0 Å². The average molecular weight is 599 g/mol. The molecule has 0 radical (unpaired) electrons. The summed E-state index contributed by atoms with van der Waals surface area (Å²) in [5.41, 5.74) is 0. The summed E-state index contributed by atoms with van der Waals surface area (Å²) in [5.74, 6) is -0.847. The minimum absolute atomic E-state index is 0.0949. The molecule has 4 atom stereocenters. The first-order chi connectivity index (χ1) is 20.2. The van der Waals surface area contributed by atoms with Gasteiger partial charge in [0.1, 0.15) is 12.1 Å². The third-order valence-corrected chi connectivity index (χ3v) is 7.72. The van der Waals surface area contributed by atoms with Gasteiger partial charge in [-0.1, -0.05) is 119 Å². The van der Waals surface area contributed by atoms with Crippen LogP contribution in [0.2, 0.25) is 0 Å². The number of alkyl carbamates (subject to hydrolysis) is 2. The molecular weight excluding hydrogens is 536 g/mol. The van der Waals surface area contributed by atoms with Gasteiger partial charge in [0.25, 0.3) is 0 Å². The van der Waals surface area contributed by atoms with E-state index < -0.39 is 24.3 Å². The van der Waals surface area contributed by atoms with Crippen molar-refractivity contribution in [1.29, 1.82) is 0 Å². The summed E-state index contributed by atoms with van der Waals surface area (Å²) >= 11 is 0. The minimum atomic E-state index is -0.737. The lowest BCUT2D eigenvalue weighted by molar-refractivity contribution is -0.126. The molecule has 0 aliphatic carbocycles. The lowest BCUT2D eigenvalue weighted by Crippen LogP contribution is -2.53. The van der Waals surface area contributed by atoms with Gasteiger partial charge in [0.15, 0.2) is 0 Å². The second-order valence-electron chi connectivity index (χ2n) is 11.4. The Kier molecular flexibility index (Phi) is 24.6. The summed E-state index contributed by atoms with van der Waals surface area (Å²) in [6.45, 7) is 13.1. The molecule has 0 aromatic heterocycles. The van der Waals surface area contributed by atoms with Crippen molar-refractivity contribution < 1.29 is 28.7 Å². The minimum Gasteiger partial charge on any atom is -0.450 e. The van der Waals surface area contributed by atoms with E-state index in [1.54, 1.807) is 0 Å². The van der Waals surface area contributed by atoms with Gasteiger partial charge in [0.05, 0.1) is 13.2 Å². The Morgan fingerprint density at radius 2 is 0.857 bits per heavy atom. The van der Waals surface area contributed by atoms with Gasteiger partial charge in [-0.2, -0.15) is 0 Å². The fourth-order valence-corrected chi connectivity index (χ4v) is 4.43. The molecule has 0 saturated heterocycles. The predicted molar refractivity (Wildman–Crippen MR) is 168 cm³/mol. The topological polar surface area (TPSA) is 135 Å². The molecule has 0 aliphatic heterocycles. The molecule has 0 aromatic carbocycles.